The smallest absolute Gasteiger partial charge is 0.341 e. The summed E-state index contributed by atoms with van der Waals surface area (Å²) in [6.07, 6.45) is 0. The van der Waals surface area contributed by atoms with Gasteiger partial charge in [0.05, 0.1) is 7.11 Å². The minimum atomic E-state index is -3.74. The van der Waals surface area contributed by atoms with Gasteiger partial charge in [0, 0.05) is 19.2 Å². The molecular weight excluding hydrogens is 296 g/mol. The SMILES string of the molecule is CNCCNS(=O)(=O)c1cc(C(=O)OC)c(C)o1.Cl. The van der Waals surface area contributed by atoms with Gasteiger partial charge < -0.3 is 14.5 Å². The van der Waals surface area contributed by atoms with Gasteiger partial charge in [-0.1, -0.05) is 0 Å². The summed E-state index contributed by atoms with van der Waals surface area (Å²) >= 11 is 0. The fraction of sp³-hybridized carbons (Fsp3) is 0.500. The number of furan rings is 1. The second kappa shape index (κ2) is 7.49. The molecule has 1 heterocycles. The number of ether oxygens (including phenoxy) is 1. The van der Waals surface area contributed by atoms with E-state index in [9.17, 15) is 13.2 Å². The van der Waals surface area contributed by atoms with E-state index in [1.165, 1.54) is 14.0 Å². The third kappa shape index (κ3) is 4.50. The molecule has 1 aromatic rings. The molecule has 0 fully saturated rings. The normalized spacial score (nSPS) is 10.9. The maximum atomic E-state index is 11.8. The summed E-state index contributed by atoms with van der Waals surface area (Å²) in [6.45, 7) is 2.22. The van der Waals surface area contributed by atoms with Crippen molar-refractivity contribution in [1.29, 1.82) is 0 Å². The Morgan fingerprint density at radius 3 is 2.58 bits per heavy atom. The van der Waals surface area contributed by atoms with Crippen LogP contribution < -0.4 is 10.0 Å². The molecule has 0 saturated heterocycles. The molecule has 0 aliphatic heterocycles. The fourth-order valence-corrected chi connectivity index (χ4v) is 2.30. The first-order valence-corrected chi connectivity index (χ1v) is 6.73. The van der Waals surface area contributed by atoms with Crippen LogP contribution in [0.15, 0.2) is 15.6 Å². The van der Waals surface area contributed by atoms with E-state index in [2.05, 4.69) is 14.8 Å². The van der Waals surface area contributed by atoms with E-state index >= 15 is 0 Å². The number of rotatable bonds is 6. The van der Waals surface area contributed by atoms with Gasteiger partial charge in [0.15, 0.2) is 0 Å². The average molecular weight is 313 g/mol. The molecular formula is C10H17ClN2O5S. The average Bonchev–Trinajstić information content (AvgIpc) is 2.71. The fourth-order valence-electron chi connectivity index (χ4n) is 1.28. The minimum Gasteiger partial charge on any atom is -0.465 e. The van der Waals surface area contributed by atoms with Gasteiger partial charge in [0.2, 0.25) is 5.09 Å². The lowest BCUT2D eigenvalue weighted by Crippen LogP contribution is -2.30. The standard InChI is InChI=1S/C10H16N2O5S.ClH/c1-7-8(10(13)16-3)6-9(17-7)18(14,15)12-5-4-11-2;/h6,11-12H,4-5H2,1-3H3;1H. The number of likely N-dealkylation sites (N-methyl/N-ethyl adjacent to an activating group) is 1. The summed E-state index contributed by atoms with van der Waals surface area (Å²) in [7, 11) is -0.815. The Balaban J connectivity index is 0.00000324. The quantitative estimate of drug-likeness (QED) is 0.579. The largest absolute Gasteiger partial charge is 0.465 e. The molecule has 0 radical (unpaired) electrons. The molecule has 0 spiro atoms. The zero-order valence-corrected chi connectivity index (χ0v) is 12.5. The van der Waals surface area contributed by atoms with Crippen LogP contribution in [0.4, 0.5) is 0 Å². The van der Waals surface area contributed by atoms with Crippen LogP contribution in [-0.2, 0) is 14.8 Å². The highest BCUT2D eigenvalue weighted by Crippen LogP contribution is 2.19. The van der Waals surface area contributed by atoms with Gasteiger partial charge in [-0.15, -0.1) is 12.4 Å². The first kappa shape index (κ1) is 17.9. The van der Waals surface area contributed by atoms with Crippen molar-refractivity contribution in [2.24, 2.45) is 0 Å². The van der Waals surface area contributed by atoms with E-state index in [1.54, 1.807) is 7.05 Å². The molecule has 0 bridgehead atoms. The number of hydrogen-bond donors (Lipinski definition) is 2. The van der Waals surface area contributed by atoms with Crippen molar-refractivity contribution >= 4 is 28.4 Å². The van der Waals surface area contributed by atoms with E-state index in [-0.39, 0.29) is 35.4 Å². The summed E-state index contributed by atoms with van der Waals surface area (Å²) < 4.78 is 35.5. The molecule has 2 N–H and O–H groups in total. The molecule has 0 unspecified atom stereocenters. The number of halogens is 1. The molecule has 9 heteroatoms. The van der Waals surface area contributed by atoms with Crippen LogP contribution in [0.25, 0.3) is 0 Å². The Morgan fingerprint density at radius 1 is 1.42 bits per heavy atom. The lowest BCUT2D eigenvalue weighted by atomic mass is 10.3. The Labute approximate surface area is 118 Å². The Morgan fingerprint density at radius 2 is 2.05 bits per heavy atom. The molecule has 0 saturated carbocycles. The summed E-state index contributed by atoms with van der Waals surface area (Å²) in [5.41, 5.74) is 0.103. The molecule has 7 nitrogen and oxygen atoms in total. The number of esters is 1. The molecule has 0 atom stereocenters. The van der Waals surface area contributed by atoms with Crippen LogP contribution in [0.3, 0.4) is 0 Å². The zero-order chi connectivity index (χ0) is 13.8. The summed E-state index contributed by atoms with van der Waals surface area (Å²) in [5, 5.41) is 2.51. The van der Waals surface area contributed by atoms with Crippen molar-refractivity contribution in [2.75, 3.05) is 27.2 Å². The highest BCUT2D eigenvalue weighted by molar-refractivity contribution is 7.89. The Hall–Kier alpha value is -1.09. The van der Waals surface area contributed by atoms with Gasteiger partial charge in [-0.2, -0.15) is 0 Å². The maximum Gasteiger partial charge on any atom is 0.341 e. The Kier molecular flexibility index (Phi) is 7.06. The van der Waals surface area contributed by atoms with Gasteiger partial charge in [-0.25, -0.2) is 17.9 Å². The van der Waals surface area contributed by atoms with Crippen LogP contribution in [0.2, 0.25) is 0 Å². The van der Waals surface area contributed by atoms with Crippen LogP contribution >= 0.6 is 12.4 Å². The van der Waals surface area contributed by atoms with E-state index in [4.69, 9.17) is 4.42 Å². The molecule has 19 heavy (non-hydrogen) atoms. The van der Waals surface area contributed by atoms with Gasteiger partial charge in [0.1, 0.15) is 11.3 Å². The minimum absolute atomic E-state index is 0. The number of methoxy groups -OCH3 is 1. The molecule has 110 valence electrons. The van der Waals surface area contributed by atoms with Gasteiger partial charge >= 0.3 is 5.97 Å². The second-order valence-corrected chi connectivity index (χ2v) is 5.23. The second-order valence-electron chi connectivity index (χ2n) is 3.53. The number of hydrogen-bond acceptors (Lipinski definition) is 6. The van der Waals surface area contributed by atoms with Crippen molar-refractivity contribution in [3.05, 3.63) is 17.4 Å². The topological polar surface area (TPSA) is 97.6 Å². The summed E-state index contributed by atoms with van der Waals surface area (Å²) in [6, 6.07) is 1.16. The lowest BCUT2D eigenvalue weighted by Gasteiger charge is -2.02. The molecule has 1 aromatic heterocycles. The van der Waals surface area contributed by atoms with Gasteiger partial charge in [-0.05, 0) is 14.0 Å². The predicted molar refractivity (Wildman–Crippen MR) is 71.1 cm³/mol. The molecule has 0 amide bonds. The van der Waals surface area contributed by atoms with Crippen molar-refractivity contribution in [1.82, 2.24) is 10.0 Å². The number of sulfonamides is 1. The lowest BCUT2D eigenvalue weighted by molar-refractivity contribution is 0.0599. The monoisotopic (exact) mass is 312 g/mol. The van der Waals surface area contributed by atoms with Crippen molar-refractivity contribution in [2.45, 2.75) is 12.0 Å². The van der Waals surface area contributed by atoms with Gasteiger partial charge in [-0.3, -0.25) is 0 Å². The third-order valence-corrected chi connectivity index (χ3v) is 3.55. The van der Waals surface area contributed by atoms with Crippen molar-refractivity contribution < 1.29 is 22.4 Å². The number of carbonyl (C=O) groups is 1. The third-order valence-electron chi connectivity index (χ3n) is 2.23. The van der Waals surface area contributed by atoms with Crippen molar-refractivity contribution in [3.8, 4) is 0 Å². The molecule has 0 aliphatic rings. The van der Waals surface area contributed by atoms with Gasteiger partial charge in [0.25, 0.3) is 10.0 Å². The number of carbonyl (C=O) groups excluding carboxylic acids is 1. The highest BCUT2D eigenvalue weighted by Gasteiger charge is 2.23. The van der Waals surface area contributed by atoms with Crippen LogP contribution in [0.1, 0.15) is 16.1 Å². The van der Waals surface area contributed by atoms with E-state index in [0.29, 0.717) is 6.54 Å². The molecule has 0 aliphatic carbocycles. The van der Waals surface area contributed by atoms with E-state index < -0.39 is 16.0 Å². The predicted octanol–water partition coefficient (Wildman–Crippen LogP) is 0.294. The van der Waals surface area contributed by atoms with Crippen LogP contribution in [0.5, 0.6) is 0 Å². The summed E-state index contributed by atoms with van der Waals surface area (Å²) in [4.78, 5) is 11.3. The number of nitrogens with one attached hydrogen (secondary N) is 2. The first-order valence-electron chi connectivity index (χ1n) is 5.25. The van der Waals surface area contributed by atoms with Crippen LogP contribution in [-0.4, -0.2) is 41.6 Å². The molecule has 1 rings (SSSR count). The Bertz CT molecular complexity index is 526. The summed E-state index contributed by atoms with van der Waals surface area (Å²) in [5.74, 6) is -0.427. The maximum absolute atomic E-state index is 11.8. The van der Waals surface area contributed by atoms with E-state index in [0.717, 1.165) is 6.07 Å². The first-order chi connectivity index (χ1) is 8.42. The van der Waals surface area contributed by atoms with Crippen molar-refractivity contribution in [3.63, 3.8) is 0 Å². The van der Waals surface area contributed by atoms with Crippen LogP contribution in [0, 0.1) is 6.92 Å². The zero-order valence-electron chi connectivity index (χ0n) is 10.8. The molecule has 0 aromatic carbocycles. The number of aryl methyl sites for hydroxylation is 1. The highest BCUT2D eigenvalue weighted by atomic mass is 35.5. The van der Waals surface area contributed by atoms with E-state index in [1.807, 2.05) is 0 Å².